The average Bonchev–Trinajstić information content (AvgIpc) is 2.74. The van der Waals surface area contributed by atoms with Gasteiger partial charge in [-0.05, 0) is 61.5 Å². The largest absolute Gasteiger partial charge is 0.289 e. The second-order valence-electron chi connectivity index (χ2n) is 7.71. The molecule has 0 aliphatic carbocycles. The molecule has 0 aliphatic rings. The first kappa shape index (κ1) is 20.9. The molecule has 5 nitrogen and oxygen atoms in total. The number of pyridine rings is 1. The fourth-order valence-electron chi connectivity index (χ4n) is 3.90. The number of hydrogen-bond acceptors (Lipinski definition) is 3. The second-order valence-corrected chi connectivity index (χ2v) is 9.57. The summed E-state index contributed by atoms with van der Waals surface area (Å²) in [5.41, 5.74) is 3.80. The molecule has 0 bridgehead atoms. The number of hydrogen-bond donors (Lipinski definition) is 0. The monoisotopic (exact) mass is 432 g/mol. The minimum atomic E-state index is -3.91. The number of sulfonamides is 1. The van der Waals surface area contributed by atoms with Gasteiger partial charge in [0.15, 0.2) is 0 Å². The highest BCUT2D eigenvalue weighted by Crippen LogP contribution is 2.29. The van der Waals surface area contributed by atoms with Crippen LogP contribution in [0.25, 0.3) is 10.9 Å². The van der Waals surface area contributed by atoms with Crippen LogP contribution in [0.3, 0.4) is 0 Å². The van der Waals surface area contributed by atoms with Crippen LogP contribution in [0.15, 0.2) is 88.6 Å². The topological polar surface area (TPSA) is 59.4 Å². The first-order valence-electron chi connectivity index (χ1n) is 10.0. The van der Waals surface area contributed by atoms with Crippen LogP contribution >= 0.6 is 0 Å². The Bertz CT molecular complexity index is 1420. The zero-order valence-electron chi connectivity index (χ0n) is 17.7. The fourth-order valence-corrected chi connectivity index (χ4v) is 5.39. The molecule has 0 atom stereocenters. The molecule has 1 heterocycles. The van der Waals surface area contributed by atoms with E-state index in [0.717, 1.165) is 27.6 Å². The predicted octanol–water partition coefficient (Wildman–Crippen LogP) is 4.78. The van der Waals surface area contributed by atoms with Crippen LogP contribution < -0.4 is 9.86 Å². The van der Waals surface area contributed by atoms with E-state index < -0.39 is 10.0 Å². The Labute approximate surface area is 182 Å². The van der Waals surface area contributed by atoms with Crippen LogP contribution in [-0.2, 0) is 16.7 Å². The minimum Gasteiger partial charge on any atom is -0.289 e. The number of para-hydroxylation sites is 1. The lowest BCUT2D eigenvalue weighted by atomic mass is 10.1. The Balaban J connectivity index is 1.97. The molecule has 0 N–H and O–H groups in total. The summed E-state index contributed by atoms with van der Waals surface area (Å²) in [6.45, 7) is 5.64. The zero-order valence-corrected chi connectivity index (χ0v) is 18.6. The first-order chi connectivity index (χ1) is 14.8. The van der Waals surface area contributed by atoms with Gasteiger partial charge in [-0.1, -0.05) is 54.1 Å². The minimum absolute atomic E-state index is 0.123. The quantitative estimate of drug-likeness (QED) is 0.456. The summed E-state index contributed by atoms with van der Waals surface area (Å²) < 4.78 is 30.3. The lowest BCUT2D eigenvalue weighted by Crippen LogP contribution is -2.37. The van der Waals surface area contributed by atoms with E-state index in [2.05, 4.69) is 0 Å². The van der Waals surface area contributed by atoms with Gasteiger partial charge in [0.1, 0.15) is 6.67 Å². The van der Waals surface area contributed by atoms with Gasteiger partial charge >= 0.3 is 0 Å². The summed E-state index contributed by atoms with van der Waals surface area (Å²) in [6, 6.07) is 23.0. The molecule has 6 heteroatoms. The van der Waals surface area contributed by atoms with E-state index >= 15 is 0 Å². The summed E-state index contributed by atoms with van der Waals surface area (Å²) in [6.07, 6.45) is 0. The van der Waals surface area contributed by atoms with Crippen molar-refractivity contribution in [3.63, 3.8) is 0 Å². The fraction of sp³-hybridized carbons (Fsp3) is 0.160. The van der Waals surface area contributed by atoms with Gasteiger partial charge < -0.3 is 0 Å². The maximum Gasteiger partial charge on any atom is 0.265 e. The first-order valence-corrected chi connectivity index (χ1v) is 11.5. The molecule has 31 heavy (non-hydrogen) atoms. The predicted molar refractivity (Wildman–Crippen MR) is 125 cm³/mol. The van der Waals surface area contributed by atoms with Crippen LogP contribution in [0, 0.1) is 20.8 Å². The van der Waals surface area contributed by atoms with E-state index in [1.165, 1.54) is 14.9 Å². The van der Waals surface area contributed by atoms with Gasteiger partial charge in [0.2, 0.25) is 0 Å². The number of benzene rings is 3. The van der Waals surface area contributed by atoms with E-state index in [9.17, 15) is 13.2 Å². The molecule has 0 radical (unpaired) electrons. The van der Waals surface area contributed by atoms with Crippen LogP contribution in [0.2, 0.25) is 0 Å². The number of fused-ring (bicyclic) bond motifs is 1. The van der Waals surface area contributed by atoms with Gasteiger partial charge in [0.25, 0.3) is 15.6 Å². The molecule has 0 spiro atoms. The van der Waals surface area contributed by atoms with Gasteiger partial charge in [-0.15, -0.1) is 0 Å². The van der Waals surface area contributed by atoms with Crippen molar-refractivity contribution in [1.82, 2.24) is 4.57 Å². The number of aromatic nitrogens is 1. The molecular weight excluding hydrogens is 408 g/mol. The Morgan fingerprint density at radius 1 is 0.806 bits per heavy atom. The summed E-state index contributed by atoms with van der Waals surface area (Å²) in [4.78, 5) is 13.1. The standard InChI is InChI=1S/C25H24N2O3S/c1-18-12-14-23(20(3)16-18)27(31(29,30)22-10-5-4-6-11-22)17-26-24(28)15-13-21-9-7-8-19(2)25(21)26/h4-16H,17H2,1-3H3. The summed E-state index contributed by atoms with van der Waals surface area (Å²) in [5.74, 6) is 0. The molecule has 158 valence electrons. The van der Waals surface area contributed by atoms with Crippen molar-refractivity contribution in [2.45, 2.75) is 32.3 Å². The average molecular weight is 433 g/mol. The van der Waals surface area contributed by atoms with Gasteiger partial charge in [0.05, 0.1) is 16.1 Å². The molecular formula is C25H24N2O3S. The number of nitrogens with zero attached hydrogens (tertiary/aromatic N) is 2. The third-order valence-corrected chi connectivity index (χ3v) is 7.19. The van der Waals surface area contributed by atoms with Crippen molar-refractivity contribution in [3.05, 3.63) is 106 Å². The Kier molecular flexibility index (Phi) is 5.41. The SMILES string of the molecule is Cc1ccc(N(Cn2c(=O)ccc3cccc(C)c32)S(=O)(=O)c2ccccc2)c(C)c1. The van der Waals surface area contributed by atoms with Crippen LogP contribution in [0.1, 0.15) is 16.7 Å². The van der Waals surface area contributed by atoms with Crippen molar-refractivity contribution in [1.29, 1.82) is 0 Å². The normalized spacial score (nSPS) is 11.6. The molecule has 3 aromatic carbocycles. The van der Waals surface area contributed by atoms with Crippen molar-refractivity contribution in [2.75, 3.05) is 4.31 Å². The van der Waals surface area contributed by atoms with E-state index in [0.29, 0.717) is 5.69 Å². The zero-order chi connectivity index (χ0) is 22.2. The van der Waals surface area contributed by atoms with E-state index in [-0.39, 0.29) is 17.1 Å². The van der Waals surface area contributed by atoms with Gasteiger partial charge in [0, 0.05) is 6.07 Å². The van der Waals surface area contributed by atoms with E-state index in [1.54, 1.807) is 42.5 Å². The summed E-state index contributed by atoms with van der Waals surface area (Å²) in [7, 11) is -3.91. The van der Waals surface area contributed by atoms with Gasteiger partial charge in [-0.2, -0.15) is 0 Å². The maximum atomic E-state index is 13.7. The Hall–Kier alpha value is -3.38. The summed E-state index contributed by atoms with van der Waals surface area (Å²) in [5, 5.41) is 0.886. The molecule has 4 aromatic rings. The highest BCUT2D eigenvalue weighted by Gasteiger charge is 2.27. The molecule has 0 fully saturated rings. The van der Waals surface area contributed by atoms with Crippen molar-refractivity contribution < 1.29 is 8.42 Å². The molecule has 0 aliphatic heterocycles. The van der Waals surface area contributed by atoms with Crippen molar-refractivity contribution in [3.8, 4) is 0 Å². The van der Waals surface area contributed by atoms with Crippen LogP contribution in [0.5, 0.6) is 0 Å². The lowest BCUT2D eigenvalue weighted by molar-refractivity contribution is 0.580. The Morgan fingerprint density at radius 3 is 2.26 bits per heavy atom. The molecule has 0 saturated heterocycles. The number of aryl methyl sites for hydroxylation is 3. The van der Waals surface area contributed by atoms with E-state index in [4.69, 9.17) is 0 Å². The highest BCUT2D eigenvalue weighted by atomic mass is 32.2. The molecule has 0 unspecified atom stereocenters. The summed E-state index contributed by atoms with van der Waals surface area (Å²) >= 11 is 0. The maximum absolute atomic E-state index is 13.7. The Morgan fingerprint density at radius 2 is 1.55 bits per heavy atom. The second kappa shape index (κ2) is 8.04. The molecule has 4 rings (SSSR count). The number of anilines is 1. The highest BCUT2D eigenvalue weighted by molar-refractivity contribution is 7.92. The van der Waals surface area contributed by atoms with E-state index in [1.807, 2.05) is 51.1 Å². The van der Waals surface area contributed by atoms with Gasteiger partial charge in [-0.25, -0.2) is 12.7 Å². The molecule has 1 aromatic heterocycles. The van der Waals surface area contributed by atoms with Crippen molar-refractivity contribution >= 4 is 26.6 Å². The molecule has 0 saturated carbocycles. The third kappa shape index (κ3) is 3.86. The smallest absolute Gasteiger partial charge is 0.265 e. The lowest BCUT2D eigenvalue weighted by Gasteiger charge is -2.28. The third-order valence-electron chi connectivity index (χ3n) is 5.43. The van der Waals surface area contributed by atoms with Crippen molar-refractivity contribution in [2.24, 2.45) is 0 Å². The van der Waals surface area contributed by atoms with Crippen LogP contribution in [0.4, 0.5) is 5.69 Å². The van der Waals surface area contributed by atoms with Gasteiger partial charge in [-0.3, -0.25) is 9.36 Å². The molecule has 0 amide bonds. The number of rotatable bonds is 5. The van der Waals surface area contributed by atoms with Crippen LogP contribution in [-0.4, -0.2) is 13.0 Å².